The molecule has 1 rings (SSSR count). The van der Waals surface area contributed by atoms with E-state index in [1.165, 1.54) is 6.92 Å². The molecular weight excluding hydrogens is 326 g/mol. The molecule has 0 aliphatic heterocycles. The summed E-state index contributed by atoms with van der Waals surface area (Å²) in [6.07, 6.45) is 0.832. The third-order valence-electron chi connectivity index (χ3n) is 3.41. The average molecular weight is 348 g/mol. The van der Waals surface area contributed by atoms with Crippen LogP contribution in [0.4, 0.5) is 0 Å². The molecule has 0 bridgehead atoms. The van der Waals surface area contributed by atoms with Crippen LogP contribution < -0.4 is 4.18 Å². The molecule has 0 aliphatic rings. The van der Waals surface area contributed by atoms with Crippen LogP contribution in [0.1, 0.15) is 32.8 Å². The average Bonchev–Trinajstić information content (AvgIpc) is 2.52. The molecule has 0 N–H and O–H groups in total. The van der Waals surface area contributed by atoms with Gasteiger partial charge in [-0.2, -0.15) is 8.42 Å². The van der Waals surface area contributed by atoms with Crippen LogP contribution in [-0.4, -0.2) is 36.9 Å². The van der Waals surface area contributed by atoms with Crippen LogP contribution >= 0.6 is 11.6 Å². The van der Waals surface area contributed by atoms with Gasteiger partial charge in [-0.3, -0.25) is 4.79 Å². The molecule has 1 amide bonds. The second-order valence-electron chi connectivity index (χ2n) is 4.99. The topological polar surface area (TPSA) is 63.7 Å². The van der Waals surface area contributed by atoms with Gasteiger partial charge in [0.1, 0.15) is 11.6 Å². The number of carbonyl (C=O) groups is 1. The summed E-state index contributed by atoms with van der Waals surface area (Å²) < 4.78 is 27.7. The highest BCUT2D eigenvalue weighted by atomic mass is 35.5. The monoisotopic (exact) mass is 347 g/mol. The Morgan fingerprint density at radius 1 is 1.27 bits per heavy atom. The van der Waals surface area contributed by atoms with Crippen molar-refractivity contribution in [2.75, 3.05) is 11.6 Å². The summed E-state index contributed by atoms with van der Waals surface area (Å²) in [5, 5.41) is 0. The standard InChI is InChI=1S/C15H22ClNO4S/c1-4-12(3)17(15(18)10-16)11-13-6-8-14(9-7-13)21-22(19,20)5-2/h6-9,12H,4-5,10-11H2,1-3H3/t12-/m0/s1. The summed E-state index contributed by atoms with van der Waals surface area (Å²) in [4.78, 5) is 13.6. The lowest BCUT2D eigenvalue weighted by Crippen LogP contribution is -2.38. The molecule has 0 spiro atoms. The van der Waals surface area contributed by atoms with Gasteiger partial charge < -0.3 is 9.08 Å². The van der Waals surface area contributed by atoms with Gasteiger partial charge >= 0.3 is 10.1 Å². The van der Waals surface area contributed by atoms with Crippen molar-refractivity contribution in [3.63, 3.8) is 0 Å². The number of nitrogens with zero attached hydrogens (tertiary/aromatic N) is 1. The smallest absolute Gasteiger partial charge is 0.308 e. The van der Waals surface area contributed by atoms with Crippen molar-refractivity contribution >= 4 is 27.6 Å². The Morgan fingerprint density at radius 3 is 2.32 bits per heavy atom. The molecule has 1 aromatic rings. The third kappa shape index (κ3) is 5.50. The lowest BCUT2D eigenvalue weighted by molar-refractivity contribution is -0.131. The zero-order chi connectivity index (χ0) is 16.8. The van der Waals surface area contributed by atoms with Gasteiger partial charge in [0.15, 0.2) is 0 Å². The van der Waals surface area contributed by atoms with Gasteiger partial charge in [-0.15, -0.1) is 11.6 Å². The maximum Gasteiger partial charge on any atom is 0.308 e. The fourth-order valence-electron chi connectivity index (χ4n) is 1.84. The molecule has 1 aromatic carbocycles. The molecular formula is C15H22ClNO4S. The van der Waals surface area contributed by atoms with E-state index in [-0.39, 0.29) is 29.3 Å². The van der Waals surface area contributed by atoms with E-state index in [4.69, 9.17) is 15.8 Å². The first kappa shape index (κ1) is 18.8. The molecule has 0 saturated heterocycles. The van der Waals surface area contributed by atoms with Gasteiger partial charge in [0.05, 0.1) is 5.75 Å². The minimum absolute atomic E-state index is 0.0553. The number of rotatable bonds is 8. The van der Waals surface area contributed by atoms with E-state index in [2.05, 4.69) is 0 Å². The normalized spacial score (nSPS) is 12.7. The van der Waals surface area contributed by atoms with Crippen LogP contribution in [0, 0.1) is 0 Å². The molecule has 0 aliphatic carbocycles. The minimum atomic E-state index is -3.53. The molecule has 0 fully saturated rings. The summed E-state index contributed by atoms with van der Waals surface area (Å²) in [6, 6.07) is 6.75. The van der Waals surface area contributed by atoms with Gasteiger partial charge in [0.25, 0.3) is 0 Å². The van der Waals surface area contributed by atoms with Crippen molar-refractivity contribution in [1.29, 1.82) is 0 Å². The SMILES string of the molecule is CC[C@H](C)N(Cc1ccc(OS(=O)(=O)CC)cc1)C(=O)CCl. The Balaban J connectivity index is 2.83. The van der Waals surface area contributed by atoms with Gasteiger partial charge in [-0.1, -0.05) is 19.1 Å². The highest BCUT2D eigenvalue weighted by Crippen LogP contribution is 2.17. The predicted molar refractivity (Wildman–Crippen MR) is 87.6 cm³/mol. The lowest BCUT2D eigenvalue weighted by Gasteiger charge is -2.28. The van der Waals surface area contributed by atoms with Gasteiger partial charge in [-0.25, -0.2) is 0 Å². The van der Waals surface area contributed by atoms with Crippen molar-refractivity contribution in [3.8, 4) is 5.75 Å². The van der Waals surface area contributed by atoms with E-state index in [0.717, 1.165) is 12.0 Å². The van der Waals surface area contributed by atoms with Crippen LogP contribution in [-0.2, 0) is 21.5 Å². The number of halogens is 1. The minimum Gasteiger partial charge on any atom is -0.382 e. The quantitative estimate of drug-likeness (QED) is 0.536. The summed E-state index contributed by atoms with van der Waals surface area (Å²) in [5.74, 6) is 0.00962. The van der Waals surface area contributed by atoms with Gasteiger partial charge in [0, 0.05) is 12.6 Å². The first-order chi connectivity index (χ1) is 10.3. The van der Waals surface area contributed by atoms with Crippen LogP contribution in [0.2, 0.25) is 0 Å². The van der Waals surface area contributed by atoms with E-state index in [1.807, 2.05) is 13.8 Å². The van der Waals surface area contributed by atoms with Crippen molar-refractivity contribution < 1.29 is 17.4 Å². The molecule has 7 heteroatoms. The zero-order valence-electron chi connectivity index (χ0n) is 13.1. The number of hydrogen-bond acceptors (Lipinski definition) is 4. The molecule has 0 radical (unpaired) electrons. The van der Waals surface area contributed by atoms with Crippen molar-refractivity contribution in [2.24, 2.45) is 0 Å². The van der Waals surface area contributed by atoms with Crippen LogP contribution in [0.25, 0.3) is 0 Å². The molecule has 0 heterocycles. The molecule has 0 unspecified atom stereocenters. The molecule has 5 nitrogen and oxygen atoms in total. The highest BCUT2D eigenvalue weighted by molar-refractivity contribution is 7.87. The van der Waals surface area contributed by atoms with Crippen LogP contribution in [0.3, 0.4) is 0 Å². The second-order valence-corrected chi connectivity index (χ2v) is 7.11. The first-order valence-corrected chi connectivity index (χ1v) is 9.30. The zero-order valence-corrected chi connectivity index (χ0v) is 14.7. The van der Waals surface area contributed by atoms with Gasteiger partial charge in [0.2, 0.25) is 5.91 Å². The third-order valence-corrected chi connectivity index (χ3v) is 4.79. The molecule has 0 aromatic heterocycles. The maximum absolute atomic E-state index is 11.9. The van der Waals surface area contributed by atoms with Gasteiger partial charge in [-0.05, 0) is 38.0 Å². The van der Waals surface area contributed by atoms with E-state index in [1.54, 1.807) is 29.2 Å². The van der Waals surface area contributed by atoms with Crippen molar-refractivity contribution in [3.05, 3.63) is 29.8 Å². The van der Waals surface area contributed by atoms with E-state index in [9.17, 15) is 13.2 Å². The highest BCUT2D eigenvalue weighted by Gasteiger charge is 2.18. The molecule has 1 atom stereocenters. The largest absolute Gasteiger partial charge is 0.382 e. The predicted octanol–water partition coefficient (Wildman–Crippen LogP) is 2.78. The van der Waals surface area contributed by atoms with E-state index in [0.29, 0.717) is 6.54 Å². The van der Waals surface area contributed by atoms with Crippen molar-refractivity contribution in [1.82, 2.24) is 4.90 Å². The summed E-state index contributed by atoms with van der Waals surface area (Å²) in [7, 11) is -3.53. The number of amides is 1. The van der Waals surface area contributed by atoms with Crippen molar-refractivity contribution in [2.45, 2.75) is 39.8 Å². The summed E-state index contributed by atoms with van der Waals surface area (Å²) in [5.41, 5.74) is 0.889. The number of hydrogen-bond donors (Lipinski definition) is 0. The summed E-state index contributed by atoms with van der Waals surface area (Å²) >= 11 is 5.65. The fraction of sp³-hybridized carbons (Fsp3) is 0.533. The second kappa shape index (κ2) is 8.39. The van der Waals surface area contributed by atoms with Crippen LogP contribution in [0.5, 0.6) is 5.75 Å². The number of benzene rings is 1. The fourth-order valence-corrected chi connectivity index (χ4v) is 2.52. The number of carbonyl (C=O) groups excluding carboxylic acids is 1. The summed E-state index contributed by atoms with van der Waals surface area (Å²) in [6.45, 7) is 5.92. The van der Waals surface area contributed by atoms with E-state index < -0.39 is 10.1 Å². The molecule has 0 saturated carbocycles. The first-order valence-electron chi connectivity index (χ1n) is 7.19. The maximum atomic E-state index is 11.9. The Bertz CT molecular complexity index is 586. The number of alkyl halides is 1. The molecule has 22 heavy (non-hydrogen) atoms. The Morgan fingerprint density at radius 2 is 1.86 bits per heavy atom. The van der Waals surface area contributed by atoms with E-state index >= 15 is 0 Å². The molecule has 124 valence electrons. The Hall–Kier alpha value is -1.27. The Kier molecular flexibility index (Phi) is 7.16. The lowest BCUT2D eigenvalue weighted by atomic mass is 10.1. The van der Waals surface area contributed by atoms with Crippen LogP contribution in [0.15, 0.2) is 24.3 Å². The Labute approximate surface area is 137 Å².